The Morgan fingerprint density at radius 1 is 1.29 bits per heavy atom. The van der Waals surface area contributed by atoms with Gasteiger partial charge in [-0.3, -0.25) is 4.79 Å². The molecule has 0 saturated carbocycles. The summed E-state index contributed by atoms with van der Waals surface area (Å²) in [5, 5.41) is 12.4. The Bertz CT molecular complexity index is 541. The van der Waals surface area contributed by atoms with Gasteiger partial charge in [-0.1, -0.05) is 12.1 Å². The molecule has 5 heteroatoms. The van der Waals surface area contributed by atoms with Crippen molar-refractivity contribution in [3.05, 3.63) is 48.0 Å². The molecule has 1 aromatic heterocycles. The fourth-order valence-corrected chi connectivity index (χ4v) is 1.40. The van der Waals surface area contributed by atoms with E-state index < -0.39 is 0 Å². The van der Waals surface area contributed by atoms with E-state index in [0.29, 0.717) is 11.3 Å². The van der Waals surface area contributed by atoms with Crippen LogP contribution in [0.3, 0.4) is 0 Å². The number of phenolic OH excluding ortho intramolecular Hbond substituents is 1. The molecular weight excluding hydrogens is 218 g/mol. The van der Waals surface area contributed by atoms with Crippen molar-refractivity contribution < 1.29 is 9.90 Å². The number of carbonyl (C=O) groups excluding carboxylic acids is 1. The summed E-state index contributed by atoms with van der Waals surface area (Å²) in [5.41, 5.74) is 1.37. The van der Waals surface area contributed by atoms with Crippen LogP contribution in [0, 0.1) is 6.92 Å². The molecule has 1 aromatic carbocycles. The Labute approximate surface area is 98.2 Å². The second-order valence-electron chi connectivity index (χ2n) is 3.55. The predicted molar refractivity (Wildman–Crippen MR) is 62.8 cm³/mol. The zero-order valence-electron chi connectivity index (χ0n) is 9.21. The lowest BCUT2D eigenvalue weighted by atomic mass is 10.1. The van der Waals surface area contributed by atoms with E-state index in [2.05, 4.69) is 15.3 Å². The van der Waals surface area contributed by atoms with Crippen molar-refractivity contribution in [2.24, 2.45) is 0 Å². The molecule has 2 N–H and O–H groups in total. The van der Waals surface area contributed by atoms with Crippen molar-refractivity contribution in [1.82, 2.24) is 9.97 Å². The smallest absolute Gasteiger partial charge is 0.259 e. The Morgan fingerprint density at radius 3 is 2.71 bits per heavy atom. The maximum absolute atomic E-state index is 11.9. The molecule has 0 saturated heterocycles. The SMILES string of the molecule is Cc1cccc(C(=O)Nc2cncnc2)c1O. The number of aromatic hydroxyl groups is 1. The second kappa shape index (κ2) is 4.61. The van der Waals surface area contributed by atoms with Gasteiger partial charge >= 0.3 is 0 Å². The first kappa shape index (κ1) is 11.1. The molecule has 17 heavy (non-hydrogen) atoms. The molecule has 0 radical (unpaired) electrons. The highest BCUT2D eigenvalue weighted by Gasteiger charge is 2.12. The number of carbonyl (C=O) groups is 1. The molecular formula is C12H11N3O2. The van der Waals surface area contributed by atoms with Gasteiger partial charge < -0.3 is 10.4 Å². The summed E-state index contributed by atoms with van der Waals surface area (Å²) in [4.78, 5) is 19.4. The van der Waals surface area contributed by atoms with Crippen LogP contribution in [0.2, 0.25) is 0 Å². The fourth-order valence-electron chi connectivity index (χ4n) is 1.40. The number of hydrogen-bond acceptors (Lipinski definition) is 4. The lowest BCUT2D eigenvalue weighted by Crippen LogP contribution is -2.12. The molecule has 0 atom stereocenters. The quantitative estimate of drug-likeness (QED) is 0.822. The van der Waals surface area contributed by atoms with Gasteiger partial charge in [0, 0.05) is 0 Å². The van der Waals surface area contributed by atoms with E-state index >= 15 is 0 Å². The van der Waals surface area contributed by atoms with Gasteiger partial charge in [-0.15, -0.1) is 0 Å². The zero-order chi connectivity index (χ0) is 12.3. The molecule has 0 aliphatic carbocycles. The van der Waals surface area contributed by atoms with Crippen LogP contribution >= 0.6 is 0 Å². The molecule has 1 amide bonds. The number of aryl methyl sites for hydroxylation is 1. The molecule has 2 rings (SSSR count). The van der Waals surface area contributed by atoms with Crippen molar-refractivity contribution >= 4 is 11.6 Å². The number of para-hydroxylation sites is 1. The first-order chi connectivity index (χ1) is 8.18. The van der Waals surface area contributed by atoms with Crippen molar-refractivity contribution in [1.29, 1.82) is 0 Å². The minimum atomic E-state index is -0.388. The van der Waals surface area contributed by atoms with E-state index in [-0.39, 0.29) is 17.2 Å². The van der Waals surface area contributed by atoms with Gasteiger partial charge in [0.15, 0.2) is 0 Å². The fraction of sp³-hybridized carbons (Fsp3) is 0.0833. The Morgan fingerprint density at radius 2 is 2.00 bits per heavy atom. The summed E-state index contributed by atoms with van der Waals surface area (Å²) in [6, 6.07) is 5.00. The molecule has 86 valence electrons. The van der Waals surface area contributed by atoms with Crippen molar-refractivity contribution in [2.45, 2.75) is 6.92 Å². The van der Waals surface area contributed by atoms with Gasteiger partial charge in [0.25, 0.3) is 5.91 Å². The van der Waals surface area contributed by atoms with Crippen LogP contribution in [0.5, 0.6) is 5.75 Å². The Balaban J connectivity index is 2.24. The molecule has 0 spiro atoms. The summed E-state index contributed by atoms with van der Waals surface area (Å²) in [7, 11) is 0. The van der Waals surface area contributed by atoms with Gasteiger partial charge in [0.2, 0.25) is 0 Å². The molecule has 0 aliphatic rings. The first-order valence-electron chi connectivity index (χ1n) is 5.03. The number of hydrogen-bond donors (Lipinski definition) is 2. The average molecular weight is 229 g/mol. The van der Waals surface area contributed by atoms with Crippen molar-refractivity contribution in [3.63, 3.8) is 0 Å². The monoisotopic (exact) mass is 229 g/mol. The number of aromatic nitrogens is 2. The molecule has 0 unspecified atom stereocenters. The molecule has 0 aliphatic heterocycles. The summed E-state index contributed by atoms with van der Waals surface area (Å²) in [6.07, 6.45) is 4.34. The van der Waals surface area contributed by atoms with Crippen molar-refractivity contribution in [2.75, 3.05) is 5.32 Å². The highest BCUT2D eigenvalue weighted by molar-refractivity contribution is 6.06. The number of nitrogens with zero attached hydrogens (tertiary/aromatic N) is 2. The summed E-state index contributed by atoms with van der Waals surface area (Å²) >= 11 is 0. The van der Waals surface area contributed by atoms with Crippen LogP contribution in [-0.2, 0) is 0 Å². The van der Waals surface area contributed by atoms with Crippen LogP contribution in [0.15, 0.2) is 36.9 Å². The third kappa shape index (κ3) is 2.39. The highest BCUT2D eigenvalue weighted by Crippen LogP contribution is 2.22. The minimum Gasteiger partial charge on any atom is -0.507 e. The molecule has 0 fully saturated rings. The Hall–Kier alpha value is -2.43. The number of anilines is 1. The van der Waals surface area contributed by atoms with Crippen LogP contribution in [-0.4, -0.2) is 21.0 Å². The lowest BCUT2D eigenvalue weighted by molar-refractivity contribution is 0.102. The maximum atomic E-state index is 11.9. The number of nitrogens with one attached hydrogen (secondary N) is 1. The van der Waals surface area contributed by atoms with Gasteiger partial charge in [0.1, 0.15) is 12.1 Å². The van der Waals surface area contributed by atoms with Crippen molar-refractivity contribution in [3.8, 4) is 5.75 Å². The normalized spacial score (nSPS) is 9.94. The average Bonchev–Trinajstić information content (AvgIpc) is 2.34. The van der Waals surface area contributed by atoms with Gasteiger partial charge in [-0.25, -0.2) is 9.97 Å². The maximum Gasteiger partial charge on any atom is 0.259 e. The molecule has 0 bridgehead atoms. The van der Waals surface area contributed by atoms with Gasteiger partial charge in [-0.05, 0) is 18.6 Å². The Kier molecular flexibility index (Phi) is 3.00. The largest absolute Gasteiger partial charge is 0.507 e. The standard InChI is InChI=1S/C12H11N3O2/c1-8-3-2-4-10(11(8)16)12(17)15-9-5-13-7-14-6-9/h2-7,16H,1H3,(H,15,17). The molecule has 5 nitrogen and oxygen atoms in total. The number of rotatable bonds is 2. The summed E-state index contributed by atoms with van der Waals surface area (Å²) in [5.74, 6) is -0.400. The second-order valence-corrected chi connectivity index (χ2v) is 3.55. The third-order valence-electron chi connectivity index (χ3n) is 2.30. The van der Waals surface area contributed by atoms with E-state index in [4.69, 9.17) is 0 Å². The van der Waals surface area contributed by atoms with Crippen LogP contribution in [0.25, 0.3) is 0 Å². The number of benzene rings is 1. The minimum absolute atomic E-state index is 0.0122. The predicted octanol–water partition coefficient (Wildman–Crippen LogP) is 1.74. The topological polar surface area (TPSA) is 75.1 Å². The number of amides is 1. The zero-order valence-corrected chi connectivity index (χ0v) is 9.21. The van der Waals surface area contributed by atoms with Gasteiger partial charge in [0.05, 0.1) is 23.6 Å². The van der Waals surface area contributed by atoms with Crippen LogP contribution in [0.1, 0.15) is 15.9 Å². The van der Waals surface area contributed by atoms with E-state index in [1.807, 2.05) is 0 Å². The molecule has 2 aromatic rings. The lowest BCUT2D eigenvalue weighted by Gasteiger charge is -2.07. The number of phenols is 1. The van der Waals surface area contributed by atoms with Crippen LogP contribution < -0.4 is 5.32 Å². The van der Waals surface area contributed by atoms with E-state index in [9.17, 15) is 9.90 Å². The third-order valence-corrected chi connectivity index (χ3v) is 2.30. The summed E-state index contributed by atoms with van der Waals surface area (Å²) < 4.78 is 0. The van der Waals surface area contributed by atoms with E-state index in [1.165, 1.54) is 18.7 Å². The summed E-state index contributed by atoms with van der Waals surface area (Å²) in [6.45, 7) is 1.73. The molecule has 1 heterocycles. The van der Waals surface area contributed by atoms with Gasteiger partial charge in [-0.2, -0.15) is 0 Å². The van der Waals surface area contributed by atoms with Crippen LogP contribution in [0.4, 0.5) is 5.69 Å². The highest BCUT2D eigenvalue weighted by atomic mass is 16.3. The first-order valence-corrected chi connectivity index (χ1v) is 5.03. The van der Waals surface area contributed by atoms with E-state index in [0.717, 1.165) is 0 Å². The van der Waals surface area contributed by atoms with E-state index in [1.54, 1.807) is 25.1 Å².